The molecule has 3 aromatic carbocycles. The van der Waals surface area contributed by atoms with E-state index in [0.29, 0.717) is 18.7 Å². The smallest absolute Gasteiger partial charge is 0.258 e. The van der Waals surface area contributed by atoms with Crippen molar-refractivity contribution >= 4 is 11.6 Å². The molecule has 7 nitrogen and oxygen atoms in total. The summed E-state index contributed by atoms with van der Waals surface area (Å²) in [6, 6.07) is 21.3. The molecule has 0 unspecified atom stereocenters. The molecule has 0 aromatic heterocycles. The average molecular weight is 459 g/mol. The van der Waals surface area contributed by atoms with Gasteiger partial charge in [0.05, 0.1) is 13.7 Å². The Bertz CT molecular complexity index is 1230. The SMILES string of the molecule is COc1ccc(C(=O)N2C[C@@H]3[C@H](c4ccccc42)[C@H](CO)N3Cc2ccc3c(c2)OCO3)cc1. The Labute approximate surface area is 198 Å². The van der Waals surface area contributed by atoms with E-state index in [1.807, 2.05) is 53.4 Å². The number of para-hydroxylation sites is 1. The van der Waals surface area contributed by atoms with E-state index in [0.717, 1.165) is 34.1 Å². The number of methoxy groups -OCH3 is 1. The summed E-state index contributed by atoms with van der Waals surface area (Å²) < 4.78 is 16.2. The van der Waals surface area contributed by atoms with Gasteiger partial charge in [0.2, 0.25) is 6.79 Å². The van der Waals surface area contributed by atoms with E-state index in [1.54, 1.807) is 19.2 Å². The van der Waals surface area contributed by atoms with Crippen LogP contribution in [0.2, 0.25) is 0 Å². The van der Waals surface area contributed by atoms with Crippen LogP contribution < -0.4 is 19.1 Å². The maximum absolute atomic E-state index is 13.6. The third kappa shape index (κ3) is 3.31. The van der Waals surface area contributed by atoms with Gasteiger partial charge < -0.3 is 24.2 Å². The second-order valence-corrected chi connectivity index (χ2v) is 8.91. The quantitative estimate of drug-likeness (QED) is 0.632. The first kappa shape index (κ1) is 21.0. The van der Waals surface area contributed by atoms with Gasteiger partial charge in [-0.05, 0) is 53.6 Å². The molecule has 174 valence electrons. The van der Waals surface area contributed by atoms with E-state index in [2.05, 4.69) is 11.0 Å². The fraction of sp³-hybridized carbons (Fsp3) is 0.296. The number of amides is 1. The van der Waals surface area contributed by atoms with Crippen LogP contribution in [0.1, 0.15) is 27.4 Å². The molecule has 0 saturated carbocycles. The summed E-state index contributed by atoms with van der Waals surface area (Å²) in [7, 11) is 1.61. The molecule has 3 heterocycles. The number of rotatable bonds is 5. The van der Waals surface area contributed by atoms with Crippen LogP contribution in [0, 0.1) is 0 Å². The third-order valence-corrected chi connectivity index (χ3v) is 7.21. The molecule has 0 spiro atoms. The monoisotopic (exact) mass is 458 g/mol. The Kier molecular flexibility index (Phi) is 5.16. The summed E-state index contributed by atoms with van der Waals surface area (Å²) >= 11 is 0. The lowest BCUT2D eigenvalue weighted by Gasteiger charge is -2.59. The normalized spacial score (nSPS) is 22.5. The molecule has 7 heteroatoms. The molecule has 6 rings (SSSR count). The van der Waals surface area contributed by atoms with Gasteiger partial charge in [-0.3, -0.25) is 9.69 Å². The summed E-state index contributed by atoms with van der Waals surface area (Å²) in [6.45, 7) is 1.53. The highest BCUT2D eigenvalue weighted by atomic mass is 16.7. The van der Waals surface area contributed by atoms with Crippen molar-refractivity contribution in [2.24, 2.45) is 0 Å². The van der Waals surface area contributed by atoms with Crippen LogP contribution >= 0.6 is 0 Å². The lowest BCUT2D eigenvalue weighted by Crippen LogP contribution is -2.68. The minimum Gasteiger partial charge on any atom is -0.497 e. The van der Waals surface area contributed by atoms with Crippen LogP contribution in [0.5, 0.6) is 17.2 Å². The Hall–Kier alpha value is -3.55. The Morgan fingerprint density at radius 1 is 1.06 bits per heavy atom. The number of hydrogen-bond acceptors (Lipinski definition) is 6. The van der Waals surface area contributed by atoms with Gasteiger partial charge in [-0.2, -0.15) is 0 Å². The first-order valence-corrected chi connectivity index (χ1v) is 11.5. The zero-order valence-electron chi connectivity index (χ0n) is 18.9. The second kappa shape index (κ2) is 8.34. The maximum atomic E-state index is 13.6. The van der Waals surface area contributed by atoms with Gasteiger partial charge in [0, 0.05) is 42.3 Å². The van der Waals surface area contributed by atoms with Crippen molar-refractivity contribution in [1.82, 2.24) is 4.90 Å². The summed E-state index contributed by atoms with van der Waals surface area (Å²) in [6.07, 6.45) is 0. The van der Waals surface area contributed by atoms with Crippen molar-refractivity contribution in [3.63, 3.8) is 0 Å². The number of aliphatic hydroxyl groups is 1. The summed E-state index contributed by atoms with van der Waals surface area (Å²) in [5, 5.41) is 10.3. The number of fused-ring (bicyclic) bond motifs is 4. The molecule has 1 amide bonds. The molecule has 1 saturated heterocycles. The number of benzene rings is 3. The highest BCUT2D eigenvalue weighted by Crippen LogP contribution is 2.49. The molecule has 3 aliphatic rings. The molecule has 3 atom stereocenters. The summed E-state index contributed by atoms with van der Waals surface area (Å²) in [4.78, 5) is 17.7. The van der Waals surface area contributed by atoms with Crippen molar-refractivity contribution in [2.45, 2.75) is 24.5 Å². The van der Waals surface area contributed by atoms with E-state index in [9.17, 15) is 9.90 Å². The Morgan fingerprint density at radius 3 is 2.65 bits per heavy atom. The molecule has 0 aliphatic carbocycles. The van der Waals surface area contributed by atoms with Crippen molar-refractivity contribution in [1.29, 1.82) is 0 Å². The van der Waals surface area contributed by atoms with Crippen LogP contribution in [0.15, 0.2) is 66.7 Å². The zero-order valence-corrected chi connectivity index (χ0v) is 18.9. The van der Waals surface area contributed by atoms with Gasteiger partial charge in [0.1, 0.15) is 5.75 Å². The highest BCUT2D eigenvalue weighted by Gasteiger charge is 2.53. The van der Waals surface area contributed by atoms with Gasteiger partial charge in [-0.25, -0.2) is 0 Å². The Morgan fingerprint density at radius 2 is 1.85 bits per heavy atom. The first-order valence-electron chi connectivity index (χ1n) is 11.5. The molecule has 0 bridgehead atoms. The lowest BCUT2D eigenvalue weighted by atomic mass is 9.71. The van der Waals surface area contributed by atoms with Crippen LogP contribution in [0.4, 0.5) is 5.69 Å². The average Bonchev–Trinajstić information content (AvgIpc) is 3.35. The minimum atomic E-state index is -0.0379. The number of ether oxygens (including phenoxy) is 3. The largest absolute Gasteiger partial charge is 0.497 e. The molecule has 3 aliphatic heterocycles. The van der Waals surface area contributed by atoms with Crippen LogP contribution in [-0.2, 0) is 6.54 Å². The van der Waals surface area contributed by atoms with Crippen molar-refractivity contribution in [2.75, 3.05) is 32.0 Å². The Balaban J connectivity index is 1.31. The standard InChI is InChI=1S/C27H26N2O5/c1-32-19-9-7-18(8-10-19)27(31)29-14-22-26(20-4-2-3-5-21(20)29)23(15-30)28(22)13-17-6-11-24-25(12-17)34-16-33-24/h2-12,22-23,26,30H,13-16H2,1H3/t22-,23+,26+/m1/s1. The van der Waals surface area contributed by atoms with E-state index in [1.165, 1.54) is 0 Å². The molecule has 3 aromatic rings. The van der Waals surface area contributed by atoms with Crippen LogP contribution in [-0.4, -0.2) is 55.1 Å². The van der Waals surface area contributed by atoms with Gasteiger partial charge >= 0.3 is 0 Å². The van der Waals surface area contributed by atoms with Gasteiger partial charge in [0.25, 0.3) is 5.91 Å². The first-order chi connectivity index (χ1) is 16.7. The van der Waals surface area contributed by atoms with Gasteiger partial charge in [0.15, 0.2) is 11.5 Å². The number of likely N-dealkylation sites (tertiary alicyclic amines) is 1. The fourth-order valence-corrected chi connectivity index (χ4v) is 5.53. The number of hydrogen-bond donors (Lipinski definition) is 1. The van der Waals surface area contributed by atoms with Crippen LogP contribution in [0.3, 0.4) is 0 Å². The minimum absolute atomic E-state index is 0.00480. The predicted molar refractivity (Wildman–Crippen MR) is 127 cm³/mol. The number of nitrogens with zero attached hydrogens (tertiary/aromatic N) is 2. The van der Waals surface area contributed by atoms with Crippen molar-refractivity contribution in [3.8, 4) is 17.2 Å². The van der Waals surface area contributed by atoms with Crippen molar-refractivity contribution < 1.29 is 24.1 Å². The number of aliphatic hydroxyl groups excluding tert-OH is 1. The van der Waals surface area contributed by atoms with E-state index >= 15 is 0 Å². The molecular formula is C27H26N2O5. The fourth-order valence-electron chi connectivity index (χ4n) is 5.53. The number of anilines is 1. The molecule has 1 N–H and O–H groups in total. The maximum Gasteiger partial charge on any atom is 0.258 e. The summed E-state index contributed by atoms with van der Waals surface area (Å²) in [5.41, 5.74) is 3.75. The second-order valence-electron chi connectivity index (χ2n) is 8.91. The third-order valence-electron chi connectivity index (χ3n) is 7.21. The molecule has 0 radical (unpaired) electrons. The van der Waals surface area contributed by atoms with E-state index in [4.69, 9.17) is 14.2 Å². The molecular weight excluding hydrogens is 432 g/mol. The van der Waals surface area contributed by atoms with Crippen LogP contribution in [0.25, 0.3) is 0 Å². The molecule has 1 fully saturated rings. The predicted octanol–water partition coefficient (Wildman–Crippen LogP) is 3.41. The highest BCUT2D eigenvalue weighted by molar-refractivity contribution is 6.07. The summed E-state index contributed by atoms with van der Waals surface area (Å²) in [5.74, 6) is 2.36. The van der Waals surface area contributed by atoms with Crippen molar-refractivity contribution in [3.05, 3.63) is 83.4 Å². The number of carbonyl (C=O) groups excluding carboxylic acids is 1. The van der Waals surface area contributed by atoms with E-state index < -0.39 is 0 Å². The van der Waals surface area contributed by atoms with Gasteiger partial charge in [-0.1, -0.05) is 24.3 Å². The topological polar surface area (TPSA) is 71.5 Å². The van der Waals surface area contributed by atoms with Gasteiger partial charge in [-0.15, -0.1) is 0 Å². The number of carbonyl (C=O) groups is 1. The lowest BCUT2D eigenvalue weighted by molar-refractivity contribution is -0.0488. The van der Waals surface area contributed by atoms with E-state index in [-0.39, 0.29) is 37.3 Å². The molecule has 34 heavy (non-hydrogen) atoms. The zero-order chi connectivity index (χ0) is 23.2.